The van der Waals surface area contributed by atoms with Gasteiger partial charge in [0.2, 0.25) is 0 Å². The quantitative estimate of drug-likeness (QED) is 0.544. The van der Waals surface area contributed by atoms with Crippen LogP contribution in [0.25, 0.3) is 0 Å². The summed E-state index contributed by atoms with van der Waals surface area (Å²) in [7, 11) is 0. The molecule has 1 amide bonds. The lowest BCUT2D eigenvalue weighted by atomic mass is 10.1. The fourth-order valence-electron chi connectivity index (χ4n) is 2.31. The number of anilines is 2. The first-order valence-corrected chi connectivity index (χ1v) is 8.27. The molecular formula is C18H20N2O4S. The van der Waals surface area contributed by atoms with E-state index in [1.807, 2.05) is 37.3 Å². The zero-order valence-electron chi connectivity index (χ0n) is 13.8. The molecular weight excluding hydrogens is 340 g/mol. The van der Waals surface area contributed by atoms with E-state index in [4.69, 9.17) is 10.5 Å². The number of nitrogens with zero attached hydrogens (tertiary/aromatic N) is 1. The average molecular weight is 360 g/mol. The molecule has 2 aromatic carbocycles. The Bertz CT molecular complexity index is 752. The van der Waals surface area contributed by atoms with Crippen LogP contribution in [0.4, 0.5) is 16.2 Å². The minimum atomic E-state index is -1.20. The molecule has 25 heavy (non-hydrogen) atoms. The molecule has 3 N–H and O–H groups in total. The number of rotatable bonds is 6. The van der Waals surface area contributed by atoms with Gasteiger partial charge in [-0.15, -0.1) is 0 Å². The normalized spacial score (nSPS) is 11.6. The molecule has 7 heteroatoms. The van der Waals surface area contributed by atoms with Crippen molar-refractivity contribution in [3.8, 4) is 0 Å². The predicted octanol–water partition coefficient (Wildman–Crippen LogP) is 3.10. The molecule has 132 valence electrons. The Morgan fingerprint density at radius 3 is 2.52 bits per heavy atom. The monoisotopic (exact) mass is 360 g/mol. The van der Waals surface area contributed by atoms with Crippen molar-refractivity contribution in [3.05, 3.63) is 59.7 Å². The number of ether oxygens (including phenoxy) is 1. The van der Waals surface area contributed by atoms with Gasteiger partial charge in [-0.3, -0.25) is 4.90 Å². The van der Waals surface area contributed by atoms with E-state index < -0.39 is 18.1 Å². The van der Waals surface area contributed by atoms with Crippen LogP contribution in [0.5, 0.6) is 0 Å². The number of benzene rings is 2. The molecule has 0 fully saturated rings. The van der Waals surface area contributed by atoms with Gasteiger partial charge in [0.05, 0.1) is 11.4 Å². The lowest BCUT2D eigenvalue weighted by Crippen LogP contribution is -2.47. The lowest BCUT2D eigenvalue weighted by molar-refractivity contribution is -0.138. The fraction of sp³-hybridized carbons (Fsp3) is 0.222. The Morgan fingerprint density at radius 2 is 1.92 bits per heavy atom. The number of thiol groups is 1. The number of aliphatic carboxylic acids is 1. The minimum Gasteiger partial charge on any atom is -0.480 e. The van der Waals surface area contributed by atoms with Crippen molar-refractivity contribution in [2.45, 2.75) is 19.6 Å². The molecule has 0 bridgehead atoms. The maximum atomic E-state index is 12.6. The molecule has 0 heterocycles. The first-order valence-electron chi connectivity index (χ1n) is 7.63. The van der Waals surface area contributed by atoms with Crippen LogP contribution in [0.2, 0.25) is 0 Å². The van der Waals surface area contributed by atoms with Gasteiger partial charge in [-0.2, -0.15) is 12.6 Å². The number of aryl methyl sites for hydroxylation is 1. The number of nitrogen functional groups attached to an aromatic ring is 1. The maximum absolute atomic E-state index is 12.6. The number of amides is 1. The van der Waals surface area contributed by atoms with E-state index >= 15 is 0 Å². The summed E-state index contributed by atoms with van der Waals surface area (Å²) in [6.07, 6.45) is -0.789. The van der Waals surface area contributed by atoms with Crippen molar-refractivity contribution < 1.29 is 19.4 Å². The summed E-state index contributed by atoms with van der Waals surface area (Å²) in [5.74, 6) is -1.27. The van der Waals surface area contributed by atoms with E-state index in [1.54, 1.807) is 18.2 Å². The first-order chi connectivity index (χ1) is 11.9. The number of carbonyl (C=O) groups excluding carboxylic acids is 1. The van der Waals surface area contributed by atoms with Crippen LogP contribution in [0.1, 0.15) is 11.1 Å². The Balaban J connectivity index is 2.32. The van der Waals surface area contributed by atoms with Crippen LogP contribution in [0.3, 0.4) is 0 Å². The third-order valence-corrected chi connectivity index (χ3v) is 3.96. The first kappa shape index (κ1) is 18.7. The summed E-state index contributed by atoms with van der Waals surface area (Å²) in [5, 5.41) is 9.46. The van der Waals surface area contributed by atoms with Crippen LogP contribution in [-0.2, 0) is 16.1 Å². The van der Waals surface area contributed by atoms with Crippen LogP contribution >= 0.6 is 12.6 Å². The molecule has 2 rings (SSSR count). The van der Waals surface area contributed by atoms with Gasteiger partial charge in [0.1, 0.15) is 12.6 Å². The largest absolute Gasteiger partial charge is 0.480 e. The van der Waals surface area contributed by atoms with Crippen molar-refractivity contribution in [3.63, 3.8) is 0 Å². The molecule has 0 radical (unpaired) electrons. The van der Waals surface area contributed by atoms with Gasteiger partial charge in [-0.1, -0.05) is 36.4 Å². The Labute approximate surface area is 151 Å². The summed E-state index contributed by atoms with van der Waals surface area (Å²) in [5.41, 5.74) is 8.18. The number of carbonyl (C=O) groups is 2. The molecule has 0 spiro atoms. The van der Waals surface area contributed by atoms with Gasteiger partial charge in [-0.25, -0.2) is 9.59 Å². The van der Waals surface area contributed by atoms with Gasteiger partial charge in [-0.05, 0) is 30.2 Å². The van der Waals surface area contributed by atoms with Crippen molar-refractivity contribution >= 4 is 36.1 Å². The molecule has 0 aliphatic rings. The van der Waals surface area contributed by atoms with Gasteiger partial charge in [0.15, 0.2) is 0 Å². The fourth-order valence-corrected chi connectivity index (χ4v) is 2.63. The predicted molar refractivity (Wildman–Crippen MR) is 100.0 cm³/mol. The maximum Gasteiger partial charge on any atom is 0.415 e. The van der Waals surface area contributed by atoms with E-state index in [-0.39, 0.29) is 18.0 Å². The molecule has 0 aliphatic heterocycles. The number of hydrogen-bond donors (Lipinski definition) is 3. The third-order valence-electron chi connectivity index (χ3n) is 3.62. The third kappa shape index (κ3) is 4.67. The van der Waals surface area contributed by atoms with E-state index in [9.17, 15) is 14.7 Å². The van der Waals surface area contributed by atoms with E-state index in [2.05, 4.69) is 12.6 Å². The molecule has 0 unspecified atom stereocenters. The van der Waals surface area contributed by atoms with Crippen LogP contribution in [0.15, 0.2) is 48.5 Å². The summed E-state index contributed by atoms with van der Waals surface area (Å²) in [6, 6.07) is 13.0. The number of hydrogen-bond acceptors (Lipinski definition) is 5. The van der Waals surface area contributed by atoms with Crippen molar-refractivity contribution in [1.29, 1.82) is 0 Å². The van der Waals surface area contributed by atoms with Gasteiger partial charge < -0.3 is 15.6 Å². The Kier molecular flexibility index (Phi) is 6.30. The van der Waals surface area contributed by atoms with E-state index in [0.29, 0.717) is 5.69 Å². The van der Waals surface area contributed by atoms with Gasteiger partial charge in [0, 0.05) is 5.75 Å². The lowest BCUT2D eigenvalue weighted by Gasteiger charge is -2.28. The molecule has 0 aliphatic carbocycles. The molecule has 0 saturated heterocycles. The number of carboxylic acid groups (broad SMARTS) is 1. The molecule has 0 saturated carbocycles. The summed E-state index contributed by atoms with van der Waals surface area (Å²) < 4.78 is 5.31. The van der Waals surface area contributed by atoms with Gasteiger partial charge in [0.25, 0.3) is 0 Å². The van der Waals surface area contributed by atoms with Crippen molar-refractivity contribution in [2.24, 2.45) is 0 Å². The van der Waals surface area contributed by atoms with Crippen LogP contribution < -0.4 is 10.6 Å². The highest BCUT2D eigenvalue weighted by Crippen LogP contribution is 2.28. The highest BCUT2D eigenvalue weighted by Gasteiger charge is 2.32. The molecule has 2 aromatic rings. The zero-order chi connectivity index (χ0) is 18.4. The molecule has 0 aromatic heterocycles. The number of carboxylic acids is 1. The summed E-state index contributed by atoms with van der Waals surface area (Å²) in [4.78, 5) is 25.3. The SMILES string of the molecule is Cc1ccc(N)c(N(C(=O)OCc2ccccc2)[C@H](CS)C(=O)O)c1. The second kappa shape index (κ2) is 8.43. The standard InChI is InChI=1S/C18H20N2O4S/c1-12-7-8-14(19)15(9-12)20(16(11-25)17(21)22)18(23)24-10-13-5-3-2-4-6-13/h2-9,16,25H,10-11,19H2,1H3,(H,21,22)/t16-/m1/s1. The highest BCUT2D eigenvalue weighted by atomic mass is 32.1. The second-order valence-corrected chi connectivity index (χ2v) is 5.87. The zero-order valence-corrected chi connectivity index (χ0v) is 14.6. The Hall–Kier alpha value is -2.67. The highest BCUT2D eigenvalue weighted by molar-refractivity contribution is 7.80. The van der Waals surface area contributed by atoms with Crippen LogP contribution in [-0.4, -0.2) is 29.0 Å². The van der Waals surface area contributed by atoms with Crippen molar-refractivity contribution in [1.82, 2.24) is 0 Å². The molecule has 1 atom stereocenters. The van der Waals surface area contributed by atoms with Gasteiger partial charge >= 0.3 is 12.1 Å². The minimum absolute atomic E-state index is 0.0286. The smallest absolute Gasteiger partial charge is 0.415 e. The van der Waals surface area contributed by atoms with Crippen LogP contribution in [0, 0.1) is 6.92 Å². The second-order valence-electron chi connectivity index (χ2n) is 5.51. The average Bonchev–Trinajstić information content (AvgIpc) is 2.60. The van der Waals surface area contributed by atoms with Crippen molar-refractivity contribution in [2.75, 3.05) is 16.4 Å². The molecule has 6 nitrogen and oxygen atoms in total. The number of nitrogens with two attached hydrogens (primary N) is 1. The topological polar surface area (TPSA) is 92.9 Å². The summed E-state index contributed by atoms with van der Waals surface area (Å²) >= 11 is 4.07. The van der Waals surface area contributed by atoms with E-state index in [1.165, 1.54) is 0 Å². The Morgan fingerprint density at radius 1 is 1.24 bits per heavy atom. The summed E-state index contributed by atoms with van der Waals surface area (Å²) in [6.45, 7) is 1.85. The van der Waals surface area contributed by atoms with E-state index in [0.717, 1.165) is 16.0 Å².